The molecule has 2 aromatic carbocycles. The highest BCUT2D eigenvalue weighted by Gasteiger charge is 2.12. The summed E-state index contributed by atoms with van der Waals surface area (Å²) in [6.45, 7) is 3.56. The molecule has 24 heavy (non-hydrogen) atoms. The minimum atomic E-state index is -0.0607. The standard InChI is InChI=1S/C19H18N2O2S/c1-13-6-4-5-7-17(13)20-19-21(14(2)22)18(12-24-19)15-8-10-16(23-3)11-9-15/h4-12H,1-3H3. The zero-order chi connectivity index (χ0) is 17.1. The predicted molar refractivity (Wildman–Crippen MR) is 97.0 cm³/mol. The molecule has 0 N–H and O–H groups in total. The first-order valence-electron chi connectivity index (χ1n) is 7.56. The summed E-state index contributed by atoms with van der Waals surface area (Å²) >= 11 is 1.46. The third-order valence-corrected chi connectivity index (χ3v) is 4.57. The van der Waals surface area contributed by atoms with Crippen molar-refractivity contribution < 1.29 is 9.53 Å². The normalized spacial score (nSPS) is 11.5. The number of para-hydroxylation sites is 1. The Bertz CT molecular complexity index is 937. The first kappa shape index (κ1) is 16.2. The molecular weight excluding hydrogens is 320 g/mol. The van der Waals surface area contributed by atoms with Crippen LogP contribution in [0.3, 0.4) is 0 Å². The summed E-state index contributed by atoms with van der Waals surface area (Å²) in [6.07, 6.45) is 0. The zero-order valence-corrected chi connectivity index (χ0v) is 14.6. The molecule has 0 spiro atoms. The lowest BCUT2D eigenvalue weighted by molar-refractivity contribution is 0.0935. The fourth-order valence-corrected chi connectivity index (χ4v) is 3.39. The average molecular weight is 338 g/mol. The van der Waals surface area contributed by atoms with Crippen LogP contribution in [0.25, 0.3) is 11.3 Å². The largest absolute Gasteiger partial charge is 0.497 e. The Labute approximate surface area is 144 Å². The lowest BCUT2D eigenvalue weighted by Crippen LogP contribution is -2.21. The van der Waals surface area contributed by atoms with Crippen LogP contribution in [-0.2, 0) is 0 Å². The molecule has 0 aliphatic heterocycles. The molecule has 5 heteroatoms. The Hall–Kier alpha value is -2.66. The van der Waals surface area contributed by atoms with Crippen LogP contribution in [0, 0.1) is 6.92 Å². The number of nitrogens with zero attached hydrogens (tertiary/aromatic N) is 2. The van der Waals surface area contributed by atoms with Gasteiger partial charge in [-0.25, -0.2) is 4.99 Å². The number of carbonyl (C=O) groups is 1. The SMILES string of the molecule is COc1ccc(-c2csc(=Nc3ccccc3C)n2C(C)=O)cc1. The third kappa shape index (κ3) is 3.16. The summed E-state index contributed by atoms with van der Waals surface area (Å²) in [6, 6.07) is 15.5. The molecule has 0 bridgehead atoms. The Balaban J connectivity index is 2.15. The van der Waals surface area contributed by atoms with Gasteiger partial charge in [0, 0.05) is 12.3 Å². The number of carbonyl (C=O) groups excluding carboxylic acids is 1. The van der Waals surface area contributed by atoms with Gasteiger partial charge in [-0.15, -0.1) is 11.3 Å². The molecule has 0 amide bonds. The Morgan fingerprint density at radius 3 is 2.46 bits per heavy atom. The van der Waals surface area contributed by atoms with E-state index in [2.05, 4.69) is 4.99 Å². The average Bonchev–Trinajstić information content (AvgIpc) is 3.01. The topological polar surface area (TPSA) is 43.6 Å². The second kappa shape index (κ2) is 6.84. The molecule has 0 fully saturated rings. The van der Waals surface area contributed by atoms with Gasteiger partial charge in [0.1, 0.15) is 5.75 Å². The number of aromatic nitrogens is 1. The first-order chi connectivity index (χ1) is 11.6. The summed E-state index contributed by atoms with van der Waals surface area (Å²) in [7, 11) is 1.63. The van der Waals surface area contributed by atoms with Gasteiger partial charge < -0.3 is 4.74 Å². The van der Waals surface area contributed by atoms with Crippen molar-refractivity contribution in [2.75, 3.05) is 7.11 Å². The maximum Gasteiger partial charge on any atom is 0.230 e. The smallest absolute Gasteiger partial charge is 0.230 e. The monoisotopic (exact) mass is 338 g/mol. The van der Waals surface area contributed by atoms with Crippen LogP contribution >= 0.6 is 11.3 Å². The molecule has 0 aliphatic rings. The van der Waals surface area contributed by atoms with Crippen LogP contribution in [0.5, 0.6) is 5.75 Å². The Morgan fingerprint density at radius 2 is 1.83 bits per heavy atom. The van der Waals surface area contributed by atoms with Crippen molar-refractivity contribution in [3.05, 3.63) is 64.3 Å². The second-order valence-corrected chi connectivity index (χ2v) is 6.22. The van der Waals surface area contributed by atoms with Crippen LogP contribution in [0.4, 0.5) is 5.69 Å². The van der Waals surface area contributed by atoms with E-state index >= 15 is 0 Å². The number of ether oxygens (including phenoxy) is 1. The first-order valence-corrected chi connectivity index (χ1v) is 8.44. The van der Waals surface area contributed by atoms with Gasteiger partial charge in [-0.2, -0.15) is 0 Å². The van der Waals surface area contributed by atoms with Crippen LogP contribution in [0.2, 0.25) is 0 Å². The van der Waals surface area contributed by atoms with Gasteiger partial charge in [-0.3, -0.25) is 9.36 Å². The molecule has 4 nitrogen and oxygen atoms in total. The number of rotatable bonds is 3. The molecule has 3 aromatic rings. The molecule has 1 heterocycles. The summed E-state index contributed by atoms with van der Waals surface area (Å²) in [5.74, 6) is 0.725. The van der Waals surface area contributed by atoms with Crippen LogP contribution in [0.15, 0.2) is 58.9 Å². The molecule has 0 aliphatic carbocycles. The maximum atomic E-state index is 12.2. The van der Waals surface area contributed by atoms with Crippen molar-refractivity contribution in [1.29, 1.82) is 0 Å². The molecule has 0 saturated heterocycles. The third-order valence-electron chi connectivity index (χ3n) is 3.74. The van der Waals surface area contributed by atoms with E-state index in [0.717, 1.165) is 28.3 Å². The number of hydrogen-bond donors (Lipinski definition) is 0. The van der Waals surface area contributed by atoms with Crippen LogP contribution in [0.1, 0.15) is 17.3 Å². The number of methoxy groups -OCH3 is 1. The predicted octanol–water partition coefficient (Wildman–Crippen LogP) is 4.43. The van der Waals surface area contributed by atoms with Crippen molar-refractivity contribution >= 4 is 22.9 Å². The number of benzene rings is 2. The van der Waals surface area contributed by atoms with Crippen molar-refractivity contribution in [2.24, 2.45) is 4.99 Å². The molecule has 122 valence electrons. The van der Waals surface area contributed by atoms with E-state index in [1.54, 1.807) is 18.6 Å². The Kier molecular flexibility index (Phi) is 4.62. The quantitative estimate of drug-likeness (QED) is 0.709. The molecule has 0 saturated carbocycles. The summed E-state index contributed by atoms with van der Waals surface area (Å²) < 4.78 is 6.84. The van der Waals surface area contributed by atoms with E-state index in [-0.39, 0.29) is 5.91 Å². The van der Waals surface area contributed by atoms with E-state index in [1.807, 2.05) is 60.8 Å². The van der Waals surface area contributed by atoms with Crippen LogP contribution < -0.4 is 9.54 Å². The maximum absolute atomic E-state index is 12.2. The number of aryl methyl sites for hydroxylation is 1. The number of thiazole rings is 1. The van der Waals surface area contributed by atoms with Gasteiger partial charge in [0.2, 0.25) is 5.91 Å². The minimum absolute atomic E-state index is 0.0607. The second-order valence-electron chi connectivity index (χ2n) is 5.38. The highest BCUT2D eigenvalue weighted by molar-refractivity contribution is 7.07. The summed E-state index contributed by atoms with van der Waals surface area (Å²) in [4.78, 5) is 17.6. The fourth-order valence-electron chi connectivity index (χ4n) is 2.45. The van der Waals surface area contributed by atoms with Gasteiger partial charge in [0.25, 0.3) is 0 Å². The molecule has 0 atom stereocenters. The van der Waals surface area contributed by atoms with Crippen molar-refractivity contribution in [2.45, 2.75) is 13.8 Å². The highest BCUT2D eigenvalue weighted by atomic mass is 32.1. The summed E-state index contributed by atoms with van der Waals surface area (Å²) in [5, 5.41) is 1.96. The van der Waals surface area contributed by atoms with Gasteiger partial charge >= 0.3 is 0 Å². The summed E-state index contributed by atoms with van der Waals surface area (Å²) in [5.41, 5.74) is 3.73. The lowest BCUT2D eigenvalue weighted by atomic mass is 10.1. The van der Waals surface area contributed by atoms with Gasteiger partial charge in [0.15, 0.2) is 4.80 Å². The fraction of sp³-hybridized carbons (Fsp3) is 0.158. The molecular formula is C19H18N2O2S. The van der Waals surface area contributed by atoms with Crippen LogP contribution in [-0.4, -0.2) is 17.6 Å². The molecule has 0 radical (unpaired) electrons. The van der Waals surface area contributed by atoms with E-state index in [9.17, 15) is 4.79 Å². The Morgan fingerprint density at radius 1 is 1.12 bits per heavy atom. The van der Waals surface area contributed by atoms with Gasteiger partial charge in [-0.1, -0.05) is 18.2 Å². The minimum Gasteiger partial charge on any atom is -0.497 e. The molecule has 3 rings (SSSR count). The number of hydrogen-bond acceptors (Lipinski definition) is 4. The zero-order valence-electron chi connectivity index (χ0n) is 13.8. The van der Waals surface area contributed by atoms with E-state index in [1.165, 1.54) is 11.3 Å². The van der Waals surface area contributed by atoms with Crippen molar-refractivity contribution in [1.82, 2.24) is 4.57 Å². The van der Waals surface area contributed by atoms with E-state index in [4.69, 9.17) is 4.74 Å². The molecule has 1 aromatic heterocycles. The van der Waals surface area contributed by atoms with E-state index in [0.29, 0.717) is 4.80 Å². The van der Waals surface area contributed by atoms with Crippen molar-refractivity contribution in [3.8, 4) is 17.0 Å². The van der Waals surface area contributed by atoms with Gasteiger partial charge in [-0.05, 0) is 48.4 Å². The van der Waals surface area contributed by atoms with Crippen molar-refractivity contribution in [3.63, 3.8) is 0 Å². The highest BCUT2D eigenvalue weighted by Crippen LogP contribution is 2.24. The van der Waals surface area contributed by atoms with Gasteiger partial charge in [0.05, 0.1) is 18.5 Å². The lowest BCUT2D eigenvalue weighted by Gasteiger charge is -2.06. The molecule has 0 unspecified atom stereocenters. The van der Waals surface area contributed by atoms with E-state index < -0.39 is 0 Å².